The van der Waals surface area contributed by atoms with Crippen molar-refractivity contribution in [3.63, 3.8) is 0 Å². The van der Waals surface area contributed by atoms with Crippen LogP contribution in [0.3, 0.4) is 0 Å². The first-order valence-electron chi connectivity index (χ1n) is 9.45. The number of rotatable bonds is 2. The summed E-state index contributed by atoms with van der Waals surface area (Å²) in [6.07, 6.45) is 0.899. The van der Waals surface area contributed by atoms with Gasteiger partial charge < -0.3 is 9.80 Å². The van der Waals surface area contributed by atoms with Crippen molar-refractivity contribution >= 4 is 75.1 Å². The molecule has 3 aromatic rings. The zero-order chi connectivity index (χ0) is 20.1. The lowest BCUT2D eigenvalue weighted by Gasteiger charge is -2.24. The maximum atomic E-state index is 4.05. The van der Waals surface area contributed by atoms with E-state index in [-0.39, 0.29) is 17.8 Å². The van der Waals surface area contributed by atoms with Gasteiger partial charge in [-0.05, 0) is 87.0 Å². The lowest BCUT2D eigenvalue weighted by atomic mass is 9.84. The second kappa shape index (κ2) is 5.90. The van der Waals surface area contributed by atoms with Crippen molar-refractivity contribution < 1.29 is 0 Å². The van der Waals surface area contributed by atoms with E-state index in [0.29, 0.717) is 0 Å². The molecule has 0 bridgehead atoms. The molecular weight excluding hydrogens is 624 g/mol. The largest absolute Gasteiger partial charge is 0.329 e. The first kappa shape index (κ1) is 18.9. The van der Waals surface area contributed by atoms with Gasteiger partial charge in [0.1, 0.15) is 11.1 Å². The summed E-state index contributed by atoms with van der Waals surface area (Å²) in [5, 5.41) is 0. The number of benzene rings is 3. The number of nitrogens with zero attached hydrogens (tertiary/aromatic N) is 2. The van der Waals surface area contributed by atoms with Crippen LogP contribution in [0.1, 0.15) is 17.5 Å². The van der Waals surface area contributed by atoms with Gasteiger partial charge in [-0.1, -0.05) is 72.8 Å². The third kappa shape index (κ3) is 2.12. The average Bonchev–Trinajstić information content (AvgIpc) is 3.47. The summed E-state index contributed by atoms with van der Waals surface area (Å²) in [7, 11) is 0. The van der Waals surface area contributed by atoms with Gasteiger partial charge in [-0.15, -0.1) is 0 Å². The molecule has 3 aromatic carbocycles. The van der Waals surface area contributed by atoms with Gasteiger partial charge in [-0.25, -0.2) is 0 Å². The molecule has 2 atom stereocenters. The van der Waals surface area contributed by atoms with Gasteiger partial charge in [-0.2, -0.15) is 0 Å². The van der Waals surface area contributed by atoms with E-state index in [0.717, 1.165) is 6.42 Å². The Balaban J connectivity index is 1.67. The van der Waals surface area contributed by atoms with Crippen molar-refractivity contribution in [1.29, 1.82) is 0 Å². The first-order chi connectivity index (χ1) is 13.9. The van der Waals surface area contributed by atoms with Crippen molar-refractivity contribution in [2.45, 2.75) is 24.2 Å². The zero-order valence-corrected chi connectivity index (χ0v) is 21.5. The van der Waals surface area contributed by atoms with Crippen LogP contribution < -0.4 is 9.80 Å². The monoisotopic (exact) mass is 636 g/mol. The average molecular weight is 640 g/mol. The Morgan fingerprint density at radius 1 is 0.517 bits per heavy atom. The van der Waals surface area contributed by atoms with E-state index >= 15 is 0 Å². The molecule has 3 heterocycles. The van der Waals surface area contributed by atoms with E-state index in [9.17, 15) is 0 Å². The minimum atomic E-state index is -0.350. The van der Waals surface area contributed by atoms with Crippen LogP contribution in [-0.2, 0) is 11.1 Å². The molecule has 2 saturated heterocycles. The zero-order valence-electron chi connectivity index (χ0n) is 15.2. The second-order valence-corrected chi connectivity index (χ2v) is 14.6. The molecule has 0 spiro atoms. The lowest BCUT2D eigenvalue weighted by molar-refractivity contribution is 0.510. The van der Waals surface area contributed by atoms with Crippen LogP contribution in [-0.4, -0.2) is 6.71 Å². The molecule has 146 valence electrons. The predicted octanol–water partition coefficient (Wildman–Crippen LogP) is 7.41. The minimum Gasteiger partial charge on any atom is -0.329 e. The van der Waals surface area contributed by atoms with Crippen LogP contribution in [0.2, 0.25) is 0 Å². The Morgan fingerprint density at radius 2 is 0.862 bits per heavy atom. The van der Waals surface area contributed by atoms with Crippen molar-refractivity contribution in [1.82, 2.24) is 0 Å². The fourth-order valence-electron chi connectivity index (χ4n) is 5.23. The fraction of sp³-hybridized carbons (Fsp3) is 0.217. The topological polar surface area (TPSA) is 6.02 Å². The Hall–Kier alpha value is -0.820. The molecule has 0 radical (unpaired) electrons. The normalized spacial score (nSPS) is 29.9. The minimum absolute atomic E-state index is 0.238. The van der Waals surface area contributed by atoms with E-state index in [1.54, 1.807) is 0 Å². The summed E-state index contributed by atoms with van der Waals surface area (Å²) in [6, 6.07) is 30.3. The maximum absolute atomic E-state index is 4.05. The number of alkyl halides is 4. The molecule has 0 N–H and O–H groups in total. The van der Waals surface area contributed by atoms with Crippen LogP contribution in [0, 0.1) is 0 Å². The SMILES string of the molecule is BrC1(Br)N2c3ccccc3N3C(Br)(Br)[C@@]3(c3ccccc3)C[C@]21c1ccccc1. The summed E-state index contributed by atoms with van der Waals surface area (Å²) in [4.78, 5) is 4.94. The molecule has 29 heavy (non-hydrogen) atoms. The van der Waals surface area contributed by atoms with E-state index in [1.807, 2.05) is 0 Å². The molecule has 0 aromatic heterocycles. The quantitative estimate of drug-likeness (QED) is 0.164. The fourth-order valence-corrected chi connectivity index (χ4v) is 9.03. The Labute approximate surface area is 203 Å². The number of hydrogen-bond acceptors (Lipinski definition) is 2. The van der Waals surface area contributed by atoms with Crippen molar-refractivity contribution in [3.05, 3.63) is 96.1 Å². The molecule has 2 fully saturated rings. The van der Waals surface area contributed by atoms with Gasteiger partial charge in [0.05, 0.1) is 11.4 Å². The molecule has 0 amide bonds. The lowest BCUT2D eigenvalue weighted by Crippen LogP contribution is -2.28. The van der Waals surface area contributed by atoms with Gasteiger partial charge in [0.25, 0.3) is 0 Å². The molecule has 3 aliphatic rings. The summed E-state index contributed by atoms with van der Waals surface area (Å²) < 4.78 is -0.700. The predicted molar refractivity (Wildman–Crippen MR) is 133 cm³/mol. The van der Waals surface area contributed by atoms with Gasteiger partial charge in [-0.3, -0.25) is 0 Å². The van der Waals surface area contributed by atoms with E-state index < -0.39 is 0 Å². The third-order valence-corrected chi connectivity index (χ3v) is 10.6. The van der Waals surface area contributed by atoms with Gasteiger partial charge in [0.2, 0.25) is 0 Å². The molecule has 6 rings (SSSR count). The molecule has 3 aliphatic heterocycles. The highest BCUT2D eigenvalue weighted by Gasteiger charge is 2.86. The van der Waals surface area contributed by atoms with Crippen molar-refractivity contribution in [2.24, 2.45) is 0 Å². The summed E-state index contributed by atoms with van der Waals surface area (Å²) in [6.45, 7) is 0. The first-order valence-corrected chi connectivity index (χ1v) is 12.6. The van der Waals surface area contributed by atoms with E-state index in [2.05, 4.69) is 158 Å². The number of fused-ring (bicyclic) bond motifs is 5. The molecule has 2 nitrogen and oxygen atoms in total. The van der Waals surface area contributed by atoms with Crippen molar-refractivity contribution in [2.75, 3.05) is 9.80 Å². The van der Waals surface area contributed by atoms with E-state index in [1.165, 1.54) is 22.5 Å². The number of anilines is 2. The molecule has 0 unspecified atom stereocenters. The highest BCUT2D eigenvalue weighted by molar-refractivity contribution is 9.26. The van der Waals surface area contributed by atoms with Gasteiger partial charge >= 0.3 is 0 Å². The summed E-state index contributed by atoms with van der Waals surface area (Å²) >= 11 is 16.2. The van der Waals surface area contributed by atoms with Crippen molar-refractivity contribution in [3.8, 4) is 0 Å². The molecule has 0 aliphatic carbocycles. The number of hydrogen-bond donors (Lipinski definition) is 0. The Kier molecular flexibility index (Phi) is 3.85. The summed E-state index contributed by atoms with van der Waals surface area (Å²) in [5.74, 6) is 0. The third-order valence-electron chi connectivity index (χ3n) is 6.60. The second-order valence-electron chi connectivity index (χ2n) is 7.87. The molecule has 0 saturated carbocycles. The number of para-hydroxylation sites is 2. The maximum Gasteiger partial charge on any atom is 0.180 e. The van der Waals surface area contributed by atoms with Crippen LogP contribution in [0.5, 0.6) is 0 Å². The van der Waals surface area contributed by atoms with Crippen LogP contribution >= 0.6 is 63.7 Å². The Morgan fingerprint density at radius 3 is 1.24 bits per heavy atom. The van der Waals surface area contributed by atoms with Crippen LogP contribution in [0.15, 0.2) is 84.9 Å². The van der Waals surface area contributed by atoms with Gasteiger partial charge in [0.15, 0.2) is 6.71 Å². The molecular formula is C23H16Br4N2. The number of halogens is 4. The standard InChI is InChI=1S/C23H16Br4N2/c24-22(25)20(16-9-3-1-4-10-16)15-21(17-11-5-2-6-12-17)23(26,27)29(21)19-14-8-7-13-18(19)28(20)22/h1-14H,15H2/t20-,21+,28?,29?. The Bertz CT molecular complexity index is 1030. The van der Waals surface area contributed by atoms with Gasteiger partial charge in [0, 0.05) is 6.42 Å². The molecule has 6 heteroatoms. The highest BCUT2D eigenvalue weighted by atomic mass is 79.9. The smallest absolute Gasteiger partial charge is 0.180 e. The summed E-state index contributed by atoms with van der Waals surface area (Å²) in [5.41, 5.74) is 4.54. The van der Waals surface area contributed by atoms with E-state index in [4.69, 9.17) is 0 Å². The highest BCUT2D eigenvalue weighted by Crippen LogP contribution is 2.82. The van der Waals surface area contributed by atoms with Crippen LogP contribution in [0.4, 0.5) is 11.4 Å². The van der Waals surface area contributed by atoms with Crippen LogP contribution in [0.25, 0.3) is 0 Å².